The summed E-state index contributed by atoms with van der Waals surface area (Å²) in [5, 5.41) is 11.7. The molecule has 5 rings (SSSR count). The second kappa shape index (κ2) is 9.20. The fourth-order valence-corrected chi connectivity index (χ4v) is 7.20. The third-order valence-electron chi connectivity index (χ3n) is 8.60. The zero-order valence-electron chi connectivity index (χ0n) is 20.8. The van der Waals surface area contributed by atoms with E-state index < -0.39 is 29.4 Å². The molecule has 2 aliphatic carbocycles. The number of benzene rings is 1. The highest BCUT2D eigenvalue weighted by molar-refractivity contribution is 5.66. The zero-order valence-corrected chi connectivity index (χ0v) is 20.8. The minimum Gasteiger partial charge on any atom is -0.482 e. The van der Waals surface area contributed by atoms with Gasteiger partial charge in [0.05, 0.1) is 6.10 Å². The number of carbonyl (C=O) groups is 1. The first kappa shape index (κ1) is 25.1. The molecule has 6 nitrogen and oxygen atoms in total. The molecule has 1 aromatic heterocycles. The molecule has 0 bridgehead atoms. The van der Waals surface area contributed by atoms with E-state index in [4.69, 9.17) is 13.9 Å². The van der Waals surface area contributed by atoms with Crippen LogP contribution in [0.1, 0.15) is 65.0 Å². The first-order valence-corrected chi connectivity index (χ1v) is 12.3. The van der Waals surface area contributed by atoms with Crippen LogP contribution < -0.4 is 10.4 Å². The second-order valence-corrected chi connectivity index (χ2v) is 10.6. The number of terminal acetylenes is 1. The molecule has 1 N–H and O–H groups in total. The molecule has 2 saturated carbocycles. The molecule has 1 aliphatic heterocycles. The van der Waals surface area contributed by atoms with Crippen molar-refractivity contribution in [1.82, 2.24) is 0 Å². The summed E-state index contributed by atoms with van der Waals surface area (Å²) in [5.41, 5.74) is -0.901. The number of rotatable bonds is 2. The topological polar surface area (TPSA) is 86.0 Å². The summed E-state index contributed by atoms with van der Waals surface area (Å²) < 4.78 is 18.1. The summed E-state index contributed by atoms with van der Waals surface area (Å²) in [6, 6.07) is 11.0. The van der Waals surface area contributed by atoms with Crippen molar-refractivity contribution >= 4 is 5.97 Å². The van der Waals surface area contributed by atoms with Gasteiger partial charge in [-0.05, 0) is 37.0 Å². The van der Waals surface area contributed by atoms with Crippen molar-refractivity contribution in [3.8, 4) is 29.9 Å². The SMILES string of the molecule is C#C.CC(=O)O[C@H]1CC2[C@@H](C)CCC[C@]2(C)C2[C@@H](O)c3c(cc(-c4ccccc4)oc3=O)O[C@@]21C. The van der Waals surface area contributed by atoms with Gasteiger partial charge in [0.15, 0.2) is 0 Å². The minimum atomic E-state index is -1.07. The monoisotopic (exact) mass is 478 g/mol. The van der Waals surface area contributed by atoms with E-state index in [-0.39, 0.29) is 22.9 Å². The van der Waals surface area contributed by atoms with Crippen molar-refractivity contribution in [3.05, 3.63) is 52.4 Å². The smallest absolute Gasteiger partial charge is 0.345 e. The highest BCUT2D eigenvalue weighted by Crippen LogP contribution is 2.64. The number of aliphatic hydroxyl groups is 1. The van der Waals surface area contributed by atoms with Gasteiger partial charge in [-0.3, -0.25) is 4.79 Å². The molecule has 2 unspecified atom stereocenters. The van der Waals surface area contributed by atoms with Gasteiger partial charge in [-0.25, -0.2) is 4.79 Å². The van der Waals surface area contributed by atoms with Crippen LogP contribution in [0.4, 0.5) is 0 Å². The van der Waals surface area contributed by atoms with Crippen LogP contribution in [-0.2, 0) is 9.53 Å². The summed E-state index contributed by atoms with van der Waals surface area (Å²) in [7, 11) is 0. The molecule has 0 amide bonds. The van der Waals surface area contributed by atoms with Gasteiger partial charge in [0.1, 0.15) is 28.8 Å². The molecule has 0 saturated heterocycles. The summed E-state index contributed by atoms with van der Waals surface area (Å²) in [6.07, 6.45) is 10.2. The Kier molecular flexibility index (Phi) is 6.59. The lowest BCUT2D eigenvalue weighted by Crippen LogP contribution is -2.68. The van der Waals surface area contributed by atoms with E-state index in [0.29, 0.717) is 23.8 Å². The fourth-order valence-electron chi connectivity index (χ4n) is 7.20. The first-order chi connectivity index (χ1) is 16.6. The van der Waals surface area contributed by atoms with E-state index >= 15 is 0 Å². The maximum Gasteiger partial charge on any atom is 0.345 e. The number of esters is 1. The number of aliphatic hydroxyl groups excluding tert-OH is 1. The molecule has 6 heteroatoms. The quantitative estimate of drug-likeness (QED) is 0.475. The van der Waals surface area contributed by atoms with Crippen LogP contribution in [0.25, 0.3) is 11.3 Å². The largest absolute Gasteiger partial charge is 0.482 e. The van der Waals surface area contributed by atoms with Gasteiger partial charge in [0.2, 0.25) is 0 Å². The van der Waals surface area contributed by atoms with E-state index in [0.717, 1.165) is 24.8 Å². The number of hydrogen-bond acceptors (Lipinski definition) is 6. The summed E-state index contributed by atoms with van der Waals surface area (Å²) in [6.45, 7) is 7.78. The third-order valence-corrected chi connectivity index (χ3v) is 8.60. The van der Waals surface area contributed by atoms with Gasteiger partial charge >= 0.3 is 11.6 Å². The Bertz CT molecular complexity index is 1170. The van der Waals surface area contributed by atoms with E-state index in [2.05, 4.69) is 26.7 Å². The van der Waals surface area contributed by atoms with Gasteiger partial charge < -0.3 is 19.0 Å². The standard InChI is InChI=1S/C27H32O6.C2H2/c1-15-9-8-12-26(3)18(15)13-21(31-16(2)28)27(4)24(26)23(29)22-20(33-27)14-19(32-25(22)30)17-10-6-5-7-11-17;1-2/h5-7,10-11,14-15,18,21,23-24,29H,8-9,12-13H2,1-4H3;1-2H/t15-,18?,21-,23-,24?,26-,27+;/m0./s1. The number of hydrogen-bond donors (Lipinski definition) is 1. The van der Waals surface area contributed by atoms with Crippen LogP contribution in [0.5, 0.6) is 5.75 Å². The van der Waals surface area contributed by atoms with Crippen LogP contribution in [0.3, 0.4) is 0 Å². The Morgan fingerprint density at radius 1 is 1.20 bits per heavy atom. The van der Waals surface area contributed by atoms with Gasteiger partial charge in [-0.1, -0.05) is 57.0 Å². The molecule has 7 atom stereocenters. The minimum absolute atomic E-state index is 0.166. The Hall–Kier alpha value is -3.04. The Balaban J connectivity index is 0.00000141. The molecular formula is C29H34O6. The van der Waals surface area contributed by atoms with E-state index in [1.165, 1.54) is 6.92 Å². The average Bonchev–Trinajstić information content (AvgIpc) is 2.81. The molecule has 2 aromatic rings. The van der Waals surface area contributed by atoms with E-state index in [1.807, 2.05) is 37.3 Å². The van der Waals surface area contributed by atoms with Crippen molar-refractivity contribution in [2.45, 2.75) is 71.2 Å². The molecule has 1 aromatic carbocycles. The second-order valence-electron chi connectivity index (χ2n) is 10.6. The maximum atomic E-state index is 13.1. The lowest BCUT2D eigenvalue weighted by molar-refractivity contribution is -0.241. The molecular weight excluding hydrogens is 444 g/mol. The molecule has 3 aliphatic rings. The molecule has 0 spiro atoms. The Morgan fingerprint density at radius 3 is 2.54 bits per heavy atom. The van der Waals surface area contributed by atoms with Crippen molar-refractivity contribution in [2.24, 2.45) is 23.2 Å². The van der Waals surface area contributed by atoms with Crippen molar-refractivity contribution in [1.29, 1.82) is 0 Å². The molecule has 186 valence electrons. The van der Waals surface area contributed by atoms with Gasteiger partial charge in [-0.15, -0.1) is 12.8 Å². The number of fused-ring (bicyclic) bond motifs is 4. The predicted octanol–water partition coefficient (Wildman–Crippen LogP) is 5.13. The normalized spacial score (nSPS) is 35.1. The Labute approximate surface area is 206 Å². The maximum absolute atomic E-state index is 13.1. The van der Waals surface area contributed by atoms with Crippen molar-refractivity contribution in [3.63, 3.8) is 0 Å². The van der Waals surface area contributed by atoms with Crippen LogP contribution in [-0.4, -0.2) is 22.8 Å². The summed E-state index contributed by atoms with van der Waals surface area (Å²) >= 11 is 0. The zero-order chi connectivity index (χ0) is 25.5. The van der Waals surface area contributed by atoms with Gasteiger partial charge in [-0.2, -0.15) is 0 Å². The van der Waals surface area contributed by atoms with Crippen LogP contribution >= 0.6 is 0 Å². The van der Waals surface area contributed by atoms with E-state index in [9.17, 15) is 14.7 Å². The highest BCUT2D eigenvalue weighted by Gasteiger charge is 2.66. The van der Waals surface area contributed by atoms with E-state index in [1.54, 1.807) is 6.07 Å². The molecule has 2 fully saturated rings. The Morgan fingerprint density at radius 2 is 1.89 bits per heavy atom. The lowest BCUT2D eigenvalue weighted by atomic mass is 9.46. The van der Waals surface area contributed by atoms with Gasteiger partial charge in [0.25, 0.3) is 0 Å². The number of carbonyl (C=O) groups excluding carboxylic acids is 1. The van der Waals surface area contributed by atoms with Crippen LogP contribution in [0.15, 0.2) is 45.6 Å². The highest BCUT2D eigenvalue weighted by atomic mass is 16.6. The van der Waals surface area contributed by atoms with Crippen LogP contribution in [0, 0.1) is 36.0 Å². The van der Waals surface area contributed by atoms with Gasteiger partial charge in [0, 0.05) is 24.5 Å². The van der Waals surface area contributed by atoms with Crippen molar-refractivity contribution < 1.29 is 23.8 Å². The molecule has 35 heavy (non-hydrogen) atoms. The number of ether oxygens (including phenoxy) is 2. The summed E-state index contributed by atoms with van der Waals surface area (Å²) in [5.74, 6) is 0.589. The predicted molar refractivity (Wildman–Crippen MR) is 133 cm³/mol. The lowest BCUT2D eigenvalue weighted by Gasteiger charge is -2.63. The summed E-state index contributed by atoms with van der Waals surface area (Å²) in [4.78, 5) is 25.2. The fraction of sp³-hybridized carbons (Fsp3) is 0.517. The van der Waals surface area contributed by atoms with Crippen LogP contribution in [0.2, 0.25) is 0 Å². The average molecular weight is 479 g/mol. The molecule has 0 radical (unpaired) electrons. The molecule has 2 heterocycles. The van der Waals surface area contributed by atoms with Crippen molar-refractivity contribution in [2.75, 3.05) is 0 Å². The third kappa shape index (κ3) is 3.96. The first-order valence-electron chi connectivity index (χ1n) is 12.3.